The number of rotatable bonds is 3. The average molecular weight is 424 g/mol. The number of piperazine rings is 1. The monoisotopic (exact) mass is 423 g/mol. The highest BCUT2D eigenvalue weighted by Crippen LogP contribution is 2.18. The highest BCUT2D eigenvalue weighted by atomic mass is 79.9. The van der Waals surface area contributed by atoms with Crippen molar-refractivity contribution in [3.63, 3.8) is 0 Å². The van der Waals surface area contributed by atoms with Gasteiger partial charge in [-0.2, -0.15) is 4.39 Å². The summed E-state index contributed by atoms with van der Waals surface area (Å²) < 4.78 is 14.6. The molecule has 138 valence electrons. The smallest absolute Gasteiger partial charge is 0.288 e. The van der Waals surface area contributed by atoms with E-state index in [0.717, 1.165) is 4.47 Å². The Morgan fingerprint density at radius 3 is 2.58 bits per heavy atom. The fraction of sp³-hybridized carbons (Fsp3) is 0.412. The zero-order valence-corrected chi connectivity index (χ0v) is 16.1. The summed E-state index contributed by atoms with van der Waals surface area (Å²) in [5.41, 5.74) is -0.0943. The first-order valence-electron chi connectivity index (χ1n) is 8.31. The zero-order chi connectivity index (χ0) is 18.8. The van der Waals surface area contributed by atoms with Crippen LogP contribution in [0.1, 0.15) is 35.8 Å². The summed E-state index contributed by atoms with van der Waals surface area (Å²) in [6.07, 6.45) is 3.16. The largest absolute Gasteiger partial charge is 0.339 e. The van der Waals surface area contributed by atoms with Gasteiger partial charge in [0.2, 0.25) is 11.8 Å². The number of aromatic nitrogens is 3. The molecular formula is C17H19BrFN5O2. The fourth-order valence-corrected chi connectivity index (χ4v) is 3.19. The normalized spacial score (nSPS) is 14.8. The first-order valence-corrected chi connectivity index (χ1v) is 9.10. The molecule has 0 atom stereocenters. The Labute approximate surface area is 158 Å². The molecule has 1 saturated heterocycles. The summed E-state index contributed by atoms with van der Waals surface area (Å²) in [5, 5.41) is 0. The van der Waals surface area contributed by atoms with Crippen LogP contribution in [0.25, 0.3) is 0 Å². The van der Waals surface area contributed by atoms with Gasteiger partial charge in [0, 0.05) is 43.0 Å². The minimum absolute atomic E-state index is 0.0955. The number of anilines is 1. The molecule has 0 radical (unpaired) electrons. The lowest BCUT2D eigenvalue weighted by molar-refractivity contribution is 0.0745. The number of H-pyrrole nitrogens is 1. The first-order chi connectivity index (χ1) is 12.4. The summed E-state index contributed by atoms with van der Waals surface area (Å²) in [6, 6.07) is 1.73. The number of aromatic amines is 1. The highest BCUT2D eigenvalue weighted by molar-refractivity contribution is 9.10. The lowest BCUT2D eigenvalue weighted by atomic mass is 10.1. The minimum Gasteiger partial charge on any atom is -0.339 e. The van der Waals surface area contributed by atoms with Crippen LogP contribution in [0.4, 0.5) is 10.3 Å². The Hall–Kier alpha value is -2.29. The van der Waals surface area contributed by atoms with Crippen molar-refractivity contribution in [3.8, 4) is 0 Å². The highest BCUT2D eigenvalue weighted by Gasteiger charge is 2.25. The number of carbonyl (C=O) groups is 1. The van der Waals surface area contributed by atoms with Crippen LogP contribution in [-0.4, -0.2) is 51.9 Å². The van der Waals surface area contributed by atoms with Crippen molar-refractivity contribution in [3.05, 3.63) is 50.4 Å². The second-order valence-electron chi connectivity index (χ2n) is 6.41. The van der Waals surface area contributed by atoms with Crippen LogP contribution in [0.5, 0.6) is 0 Å². The van der Waals surface area contributed by atoms with Gasteiger partial charge in [0.1, 0.15) is 0 Å². The quantitative estimate of drug-likeness (QED) is 0.817. The molecule has 0 aromatic carbocycles. The van der Waals surface area contributed by atoms with E-state index in [9.17, 15) is 14.0 Å². The Morgan fingerprint density at radius 2 is 1.96 bits per heavy atom. The molecule has 0 aliphatic carbocycles. The van der Waals surface area contributed by atoms with Gasteiger partial charge in [-0.1, -0.05) is 13.8 Å². The second-order valence-corrected chi connectivity index (χ2v) is 7.33. The molecule has 1 N–H and O–H groups in total. The predicted octanol–water partition coefficient (Wildman–Crippen LogP) is 2.15. The van der Waals surface area contributed by atoms with Gasteiger partial charge < -0.3 is 9.80 Å². The van der Waals surface area contributed by atoms with Gasteiger partial charge in [-0.15, -0.1) is 0 Å². The Kier molecular flexibility index (Phi) is 5.36. The zero-order valence-electron chi connectivity index (χ0n) is 14.5. The summed E-state index contributed by atoms with van der Waals surface area (Å²) in [6.45, 7) is 5.53. The first kappa shape index (κ1) is 18.5. The lowest BCUT2D eigenvalue weighted by Gasteiger charge is -2.35. The molecular weight excluding hydrogens is 405 g/mol. The van der Waals surface area contributed by atoms with Crippen LogP contribution in [0.3, 0.4) is 0 Å². The fourth-order valence-electron chi connectivity index (χ4n) is 2.83. The summed E-state index contributed by atoms with van der Waals surface area (Å²) in [7, 11) is 0. The number of nitrogens with zero attached hydrogens (tertiary/aromatic N) is 4. The van der Waals surface area contributed by atoms with Crippen LogP contribution in [0, 0.1) is 5.82 Å². The van der Waals surface area contributed by atoms with Gasteiger partial charge in [0.15, 0.2) is 0 Å². The number of pyridine rings is 1. The lowest BCUT2D eigenvalue weighted by Crippen LogP contribution is -2.49. The third-order valence-corrected chi connectivity index (χ3v) is 4.67. The number of hydrogen-bond donors (Lipinski definition) is 1. The number of amides is 1. The number of nitrogens with one attached hydrogen (secondary N) is 1. The van der Waals surface area contributed by atoms with Crippen molar-refractivity contribution >= 4 is 27.8 Å². The molecule has 0 saturated carbocycles. The molecule has 2 aromatic rings. The molecule has 0 unspecified atom stereocenters. The summed E-state index contributed by atoms with van der Waals surface area (Å²) in [5.74, 6) is -0.777. The minimum atomic E-state index is -0.834. The molecule has 9 heteroatoms. The molecule has 26 heavy (non-hydrogen) atoms. The van der Waals surface area contributed by atoms with E-state index in [1.54, 1.807) is 31.0 Å². The van der Waals surface area contributed by atoms with Crippen LogP contribution in [0.15, 0.2) is 27.7 Å². The van der Waals surface area contributed by atoms with Crippen LogP contribution in [-0.2, 0) is 0 Å². The third kappa shape index (κ3) is 3.77. The van der Waals surface area contributed by atoms with Crippen LogP contribution in [0.2, 0.25) is 0 Å². The maximum absolute atomic E-state index is 13.9. The van der Waals surface area contributed by atoms with Crippen molar-refractivity contribution in [1.82, 2.24) is 19.9 Å². The Morgan fingerprint density at radius 1 is 1.27 bits per heavy atom. The molecule has 2 aromatic heterocycles. The van der Waals surface area contributed by atoms with E-state index in [2.05, 4.69) is 30.9 Å². The standard InChI is InChI=1S/C17H19BrFN5O2/c1-10(2)14-13(19)15(25)22-17(21-14)24-5-3-23(4-6-24)16(26)11-7-12(18)9-20-8-11/h7-10H,3-6H2,1-2H3,(H,21,22,25). The van der Waals surface area contributed by atoms with Crippen molar-refractivity contribution in [2.75, 3.05) is 31.1 Å². The predicted molar refractivity (Wildman–Crippen MR) is 99.0 cm³/mol. The molecule has 1 fully saturated rings. The van der Waals surface area contributed by atoms with E-state index < -0.39 is 11.4 Å². The molecule has 3 heterocycles. The number of carbonyl (C=O) groups excluding carboxylic acids is 1. The third-order valence-electron chi connectivity index (χ3n) is 4.24. The van der Waals surface area contributed by atoms with Crippen molar-refractivity contribution in [2.45, 2.75) is 19.8 Å². The van der Waals surface area contributed by atoms with E-state index in [4.69, 9.17) is 0 Å². The molecule has 1 aliphatic rings. The number of halogens is 2. The van der Waals surface area contributed by atoms with E-state index in [1.807, 2.05) is 4.90 Å². The molecule has 7 nitrogen and oxygen atoms in total. The Bertz CT molecular complexity index is 878. The maximum atomic E-state index is 13.9. The van der Waals surface area contributed by atoms with E-state index >= 15 is 0 Å². The summed E-state index contributed by atoms with van der Waals surface area (Å²) in [4.78, 5) is 38.7. The molecule has 0 spiro atoms. The molecule has 1 aliphatic heterocycles. The van der Waals surface area contributed by atoms with Crippen molar-refractivity contribution in [2.24, 2.45) is 0 Å². The molecule has 1 amide bonds. The van der Waals surface area contributed by atoms with Gasteiger partial charge in [-0.05, 0) is 27.9 Å². The summed E-state index contributed by atoms with van der Waals surface area (Å²) >= 11 is 3.31. The SMILES string of the molecule is CC(C)c1nc(N2CCN(C(=O)c3cncc(Br)c3)CC2)[nH]c(=O)c1F. The second kappa shape index (κ2) is 7.53. The van der Waals surface area contributed by atoms with Crippen LogP contribution < -0.4 is 10.5 Å². The van der Waals surface area contributed by atoms with Gasteiger partial charge >= 0.3 is 0 Å². The molecule has 3 rings (SSSR count). The molecule has 0 bridgehead atoms. The van der Waals surface area contributed by atoms with Gasteiger partial charge in [0.25, 0.3) is 11.5 Å². The van der Waals surface area contributed by atoms with Gasteiger partial charge in [-0.3, -0.25) is 19.6 Å². The van der Waals surface area contributed by atoms with Crippen LogP contribution >= 0.6 is 15.9 Å². The van der Waals surface area contributed by atoms with Crippen molar-refractivity contribution in [1.29, 1.82) is 0 Å². The van der Waals surface area contributed by atoms with E-state index in [1.165, 1.54) is 6.20 Å². The number of hydrogen-bond acceptors (Lipinski definition) is 5. The van der Waals surface area contributed by atoms with Crippen molar-refractivity contribution < 1.29 is 9.18 Å². The van der Waals surface area contributed by atoms with Gasteiger partial charge in [-0.25, -0.2) is 4.98 Å². The topological polar surface area (TPSA) is 82.2 Å². The van der Waals surface area contributed by atoms with E-state index in [0.29, 0.717) is 37.7 Å². The maximum Gasteiger partial charge on any atom is 0.288 e. The average Bonchev–Trinajstić information content (AvgIpc) is 2.63. The van der Waals surface area contributed by atoms with E-state index in [-0.39, 0.29) is 17.5 Å². The van der Waals surface area contributed by atoms with Gasteiger partial charge in [0.05, 0.1) is 11.3 Å². The Balaban J connectivity index is 1.73.